The molecule has 1 aromatic rings. The molecule has 1 saturated carbocycles. The zero-order valence-electron chi connectivity index (χ0n) is 9.47. The average molecular weight is 230 g/mol. The highest BCUT2D eigenvalue weighted by molar-refractivity contribution is 5.85. The summed E-state index contributed by atoms with van der Waals surface area (Å²) in [5.41, 5.74) is 0.945. The first-order valence-corrected chi connectivity index (χ1v) is 5.58. The molecule has 0 saturated heterocycles. The molecule has 1 fully saturated rings. The van der Waals surface area contributed by atoms with Gasteiger partial charge in [-0.1, -0.05) is 5.92 Å². The van der Waals surface area contributed by atoms with E-state index >= 15 is 0 Å². The van der Waals surface area contributed by atoms with Gasteiger partial charge in [-0.25, -0.2) is 9.78 Å². The van der Waals surface area contributed by atoms with Crippen molar-refractivity contribution in [1.82, 2.24) is 4.98 Å². The van der Waals surface area contributed by atoms with Crippen molar-refractivity contribution in [2.24, 2.45) is 5.92 Å². The molecular formula is C13H14N2O2. The van der Waals surface area contributed by atoms with E-state index in [0.29, 0.717) is 6.54 Å². The maximum Gasteiger partial charge on any atom is 0.354 e. The lowest BCUT2D eigenvalue weighted by molar-refractivity contribution is 0.0690. The number of pyridine rings is 1. The third-order valence-corrected chi connectivity index (χ3v) is 2.79. The van der Waals surface area contributed by atoms with Gasteiger partial charge in [0, 0.05) is 6.54 Å². The van der Waals surface area contributed by atoms with Gasteiger partial charge in [-0.05, 0) is 30.9 Å². The first-order valence-electron chi connectivity index (χ1n) is 5.58. The summed E-state index contributed by atoms with van der Waals surface area (Å²) in [4.78, 5) is 16.7. The Hall–Kier alpha value is -2.02. The smallest absolute Gasteiger partial charge is 0.354 e. The molecule has 0 atom stereocenters. The Balaban J connectivity index is 2.11. The van der Waals surface area contributed by atoms with Crippen molar-refractivity contribution in [2.75, 3.05) is 18.0 Å². The van der Waals surface area contributed by atoms with Crippen LogP contribution in [0.2, 0.25) is 0 Å². The zero-order valence-corrected chi connectivity index (χ0v) is 9.47. The summed E-state index contributed by atoms with van der Waals surface area (Å²) in [7, 11) is 0. The standard InChI is InChI=1S/C13H14N2O2/c1-2-7-15(9-10-3-4-10)11-5-6-12(13(16)17)14-8-11/h1,5-6,8,10H,3-4,7,9H2,(H,16,17). The van der Waals surface area contributed by atoms with E-state index < -0.39 is 5.97 Å². The summed E-state index contributed by atoms with van der Waals surface area (Å²) < 4.78 is 0. The molecule has 1 heterocycles. The maximum atomic E-state index is 10.7. The lowest BCUT2D eigenvalue weighted by atomic mass is 10.3. The Kier molecular flexibility index (Phi) is 3.29. The fourth-order valence-electron chi connectivity index (χ4n) is 1.68. The number of hydrogen-bond acceptors (Lipinski definition) is 3. The second kappa shape index (κ2) is 4.88. The van der Waals surface area contributed by atoms with Gasteiger partial charge >= 0.3 is 5.97 Å². The van der Waals surface area contributed by atoms with Crippen LogP contribution in [0.25, 0.3) is 0 Å². The number of aromatic carboxylic acids is 1. The third-order valence-electron chi connectivity index (χ3n) is 2.79. The Labute approximate surface area is 100 Å². The third kappa shape index (κ3) is 2.97. The Morgan fingerprint density at radius 2 is 2.35 bits per heavy atom. The number of rotatable bonds is 5. The quantitative estimate of drug-likeness (QED) is 0.781. The molecule has 2 rings (SSSR count). The van der Waals surface area contributed by atoms with Crippen LogP contribution in [0.5, 0.6) is 0 Å². The number of hydrogen-bond donors (Lipinski definition) is 1. The minimum absolute atomic E-state index is 0.0563. The monoisotopic (exact) mass is 230 g/mol. The van der Waals surface area contributed by atoms with Crippen LogP contribution in [0.15, 0.2) is 18.3 Å². The first kappa shape index (κ1) is 11.5. The fraction of sp³-hybridized carbons (Fsp3) is 0.385. The first-order chi connectivity index (χ1) is 8.20. The van der Waals surface area contributed by atoms with Gasteiger partial charge in [-0.15, -0.1) is 6.42 Å². The van der Waals surface area contributed by atoms with E-state index in [9.17, 15) is 4.79 Å². The molecule has 1 aromatic heterocycles. The Bertz CT molecular complexity index is 443. The number of aromatic nitrogens is 1. The van der Waals surface area contributed by atoms with Gasteiger partial charge in [-0.2, -0.15) is 0 Å². The van der Waals surface area contributed by atoms with Gasteiger partial charge in [-0.3, -0.25) is 0 Å². The normalized spacial score (nSPS) is 14.1. The molecule has 0 spiro atoms. The van der Waals surface area contributed by atoms with Crippen LogP contribution in [0.3, 0.4) is 0 Å². The summed E-state index contributed by atoms with van der Waals surface area (Å²) in [5.74, 6) is 2.33. The molecule has 0 aromatic carbocycles. The van der Waals surface area contributed by atoms with Gasteiger partial charge < -0.3 is 10.0 Å². The predicted molar refractivity (Wildman–Crippen MR) is 65.0 cm³/mol. The van der Waals surface area contributed by atoms with Gasteiger partial charge in [0.15, 0.2) is 0 Å². The molecule has 4 heteroatoms. The summed E-state index contributed by atoms with van der Waals surface area (Å²) in [6, 6.07) is 3.27. The largest absolute Gasteiger partial charge is 0.477 e. The van der Waals surface area contributed by atoms with Gasteiger partial charge in [0.2, 0.25) is 0 Å². The second-order valence-corrected chi connectivity index (χ2v) is 4.23. The van der Waals surface area contributed by atoms with Crippen molar-refractivity contribution < 1.29 is 9.90 Å². The van der Waals surface area contributed by atoms with E-state index in [1.165, 1.54) is 18.9 Å². The second-order valence-electron chi connectivity index (χ2n) is 4.23. The van der Waals surface area contributed by atoms with Crippen LogP contribution < -0.4 is 4.90 Å². The van der Waals surface area contributed by atoms with E-state index in [-0.39, 0.29) is 5.69 Å². The summed E-state index contributed by atoms with van der Waals surface area (Å²) in [6.45, 7) is 1.46. The number of nitrogens with zero attached hydrogens (tertiary/aromatic N) is 2. The van der Waals surface area contributed by atoms with E-state index in [2.05, 4.69) is 15.8 Å². The summed E-state index contributed by atoms with van der Waals surface area (Å²) in [5, 5.41) is 8.76. The Morgan fingerprint density at radius 1 is 1.59 bits per heavy atom. The van der Waals surface area contributed by atoms with Gasteiger partial charge in [0.1, 0.15) is 5.69 Å². The number of carboxylic acid groups (broad SMARTS) is 1. The van der Waals surface area contributed by atoms with E-state index in [4.69, 9.17) is 11.5 Å². The SMILES string of the molecule is C#CCN(CC1CC1)c1ccc(C(=O)O)nc1. The summed E-state index contributed by atoms with van der Waals surface area (Å²) in [6.07, 6.45) is 9.41. The van der Waals surface area contributed by atoms with E-state index in [1.54, 1.807) is 12.3 Å². The molecule has 0 radical (unpaired) electrons. The van der Waals surface area contributed by atoms with Crippen LogP contribution in [0.4, 0.5) is 5.69 Å². The van der Waals surface area contributed by atoms with Crippen molar-refractivity contribution in [3.63, 3.8) is 0 Å². The molecule has 1 aliphatic rings. The van der Waals surface area contributed by atoms with Crippen molar-refractivity contribution in [1.29, 1.82) is 0 Å². The molecule has 0 unspecified atom stereocenters. The predicted octanol–water partition coefficient (Wildman–Crippen LogP) is 1.63. The molecular weight excluding hydrogens is 216 g/mol. The van der Waals surface area contributed by atoms with Crippen LogP contribution in [-0.4, -0.2) is 29.1 Å². The molecule has 1 aliphatic carbocycles. The molecule has 0 bridgehead atoms. The number of carboxylic acids is 1. The zero-order chi connectivity index (χ0) is 12.3. The molecule has 1 N–H and O–H groups in total. The van der Waals surface area contributed by atoms with Crippen LogP contribution in [0.1, 0.15) is 23.3 Å². The van der Waals surface area contributed by atoms with Crippen molar-refractivity contribution in [2.45, 2.75) is 12.8 Å². The number of carbonyl (C=O) groups is 1. The van der Waals surface area contributed by atoms with Crippen molar-refractivity contribution >= 4 is 11.7 Å². The van der Waals surface area contributed by atoms with Crippen LogP contribution in [0, 0.1) is 18.3 Å². The molecule has 88 valence electrons. The van der Waals surface area contributed by atoms with E-state index in [0.717, 1.165) is 18.2 Å². The van der Waals surface area contributed by atoms with Gasteiger partial charge in [0.05, 0.1) is 18.4 Å². The van der Waals surface area contributed by atoms with Crippen molar-refractivity contribution in [3.8, 4) is 12.3 Å². The van der Waals surface area contributed by atoms with Crippen LogP contribution >= 0.6 is 0 Å². The Morgan fingerprint density at radius 3 is 2.82 bits per heavy atom. The molecule has 17 heavy (non-hydrogen) atoms. The highest BCUT2D eigenvalue weighted by atomic mass is 16.4. The highest BCUT2D eigenvalue weighted by Gasteiger charge is 2.24. The molecule has 0 amide bonds. The number of terminal acetylenes is 1. The number of anilines is 1. The lowest BCUT2D eigenvalue weighted by Gasteiger charge is -2.21. The minimum Gasteiger partial charge on any atom is -0.477 e. The maximum absolute atomic E-state index is 10.7. The highest BCUT2D eigenvalue weighted by Crippen LogP contribution is 2.31. The topological polar surface area (TPSA) is 53.4 Å². The molecule has 4 nitrogen and oxygen atoms in total. The van der Waals surface area contributed by atoms with Gasteiger partial charge in [0.25, 0.3) is 0 Å². The average Bonchev–Trinajstić information content (AvgIpc) is 3.13. The van der Waals surface area contributed by atoms with Crippen molar-refractivity contribution in [3.05, 3.63) is 24.0 Å². The van der Waals surface area contributed by atoms with Crippen LogP contribution in [-0.2, 0) is 0 Å². The minimum atomic E-state index is -1.01. The fourth-order valence-corrected chi connectivity index (χ4v) is 1.68. The summed E-state index contributed by atoms with van der Waals surface area (Å²) >= 11 is 0. The lowest BCUT2D eigenvalue weighted by Crippen LogP contribution is -2.26. The molecule has 0 aliphatic heterocycles. The van der Waals surface area contributed by atoms with E-state index in [1.807, 2.05) is 0 Å².